The predicted molar refractivity (Wildman–Crippen MR) is 60.8 cm³/mol. The van der Waals surface area contributed by atoms with E-state index in [1.807, 2.05) is 4.72 Å². The number of hydrogen-bond acceptors (Lipinski definition) is 3. The van der Waals surface area contributed by atoms with Crippen molar-refractivity contribution < 1.29 is 13.2 Å². The first-order valence-corrected chi connectivity index (χ1v) is 6.40. The molecule has 0 saturated heterocycles. The third-order valence-electron chi connectivity index (χ3n) is 1.66. The summed E-state index contributed by atoms with van der Waals surface area (Å²) in [5.74, 6) is -0.621. The molecule has 1 amide bonds. The minimum absolute atomic E-state index is 0.0667. The van der Waals surface area contributed by atoms with Crippen LogP contribution in [0.25, 0.3) is 0 Å². The number of carbonyl (C=O) groups excluding carboxylic acids is 1. The number of amides is 1. The summed E-state index contributed by atoms with van der Waals surface area (Å²) in [6.07, 6.45) is 1.57. The van der Waals surface area contributed by atoms with E-state index < -0.39 is 15.9 Å². The maximum Gasteiger partial charge on any atom is 0.260 e. The first-order chi connectivity index (χ1) is 6.57. The molecule has 0 radical (unpaired) electrons. The van der Waals surface area contributed by atoms with Crippen molar-refractivity contribution in [2.75, 3.05) is 5.75 Å². The number of rotatable bonds is 3. The molecule has 0 fully saturated rings. The Morgan fingerprint density at radius 2 is 1.80 bits per heavy atom. The molecule has 0 aliphatic heterocycles. The summed E-state index contributed by atoms with van der Waals surface area (Å²) in [6, 6.07) is 0. The molecule has 0 aliphatic carbocycles. The van der Waals surface area contributed by atoms with E-state index in [9.17, 15) is 13.2 Å². The van der Waals surface area contributed by atoms with Gasteiger partial charge in [-0.15, -0.1) is 0 Å². The Hall–Kier alpha value is -0.840. The third kappa shape index (κ3) is 6.28. The van der Waals surface area contributed by atoms with E-state index in [4.69, 9.17) is 0 Å². The molecule has 0 aromatic carbocycles. The van der Waals surface area contributed by atoms with E-state index >= 15 is 0 Å². The van der Waals surface area contributed by atoms with Crippen LogP contribution < -0.4 is 4.72 Å². The zero-order chi connectivity index (χ0) is 12.3. The van der Waals surface area contributed by atoms with E-state index in [1.54, 1.807) is 40.7 Å². The highest BCUT2D eigenvalue weighted by molar-refractivity contribution is 7.90. The molecule has 0 unspecified atom stereocenters. The van der Waals surface area contributed by atoms with Crippen molar-refractivity contribution in [3.8, 4) is 0 Å². The van der Waals surface area contributed by atoms with Crippen LogP contribution in [0.4, 0.5) is 0 Å². The molecule has 0 aromatic heterocycles. The Labute approximate surface area is 91.8 Å². The molecule has 0 aromatic rings. The zero-order valence-corrected chi connectivity index (χ0v) is 10.7. The van der Waals surface area contributed by atoms with Crippen LogP contribution in [0.3, 0.4) is 0 Å². The molecule has 0 rings (SSSR count). The summed E-state index contributed by atoms with van der Waals surface area (Å²) >= 11 is 0. The summed E-state index contributed by atoms with van der Waals surface area (Å²) < 4.78 is 25.1. The third-order valence-corrected chi connectivity index (χ3v) is 3.40. The van der Waals surface area contributed by atoms with Gasteiger partial charge in [0.25, 0.3) is 5.91 Å². The number of nitrogens with one attached hydrogen (secondary N) is 1. The first-order valence-electron chi connectivity index (χ1n) is 4.75. The minimum atomic E-state index is -3.53. The number of hydrogen-bond donors (Lipinski definition) is 1. The SMILES string of the molecule is CC=C(C)C(=O)NS(=O)(=O)CC(C)(C)C. The zero-order valence-electron chi connectivity index (χ0n) is 9.92. The van der Waals surface area contributed by atoms with Crippen LogP contribution in [0.1, 0.15) is 34.6 Å². The van der Waals surface area contributed by atoms with Crippen molar-refractivity contribution in [2.24, 2.45) is 5.41 Å². The fourth-order valence-electron chi connectivity index (χ4n) is 0.959. The van der Waals surface area contributed by atoms with Crippen molar-refractivity contribution in [3.63, 3.8) is 0 Å². The Balaban J connectivity index is 4.61. The fraction of sp³-hybridized carbons (Fsp3) is 0.700. The summed E-state index contributed by atoms with van der Waals surface area (Å²) in [5.41, 5.74) is 0.0307. The number of allylic oxidation sites excluding steroid dienone is 1. The second kappa shape index (κ2) is 4.79. The summed E-state index contributed by atoms with van der Waals surface area (Å²) in [5, 5.41) is 0. The maximum absolute atomic E-state index is 11.5. The highest BCUT2D eigenvalue weighted by Crippen LogP contribution is 2.15. The smallest absolute Gasteiger partial charge is 0.260 e. The van der Waals surface area contributed by atoms with Gasteiger partial charge in [-0.25, -0.2) is 13.1 Å². The largest absolute Gasteiger partial charge is 0.269 e. The lowest BCUT2D eigenvalue weighted by atomic mass is 10.0. The molecule has 0 saturated carbocycles. The van der Waals surface area contributed by atoms with Crippen molar-refractivity contribution in [2.45, 2.75) is 34.6 Å². The molecule has 88 valence electrons. The highest BCUT2D eigenvalue weighted by Gasteiger charge is 2.23. The molecule has 0 atom stereocenters. The molecule has 0 spiro atoms. The molecule has 4 nitrogen and oxygen atoms in total. The Kier molecular flexibility index (Phi) is 4.52. The van der Waals surface area contributed by atoms with Gasteiger partial charge in [0.05, 0.1) is 5.75 Å². The van der Waals surface area contributed by atoms with Crippen LogP contribution >= 0.6 is 0 Å². The van der Waals surface area contributed by atoms with Gasteiger partial charge in [0, 0.05) is 5.57 Å². The molecule has 15 heavy (non-hydrogen) atoms. The van der Waals surface area contributed by atoms with Crippen LogP contribution in [0, 0.1) is 5.41 Å². The van der Waals surface area contributed by atoms with Crippen molar-refractivity contribution >= 4 is 15.9 Å². The Morgan fingerprint density at radius 1 is 1.33 bits per heavy atom. The maximum atomic E-state index is 11.5. The monoisotopic (exact) mass is 233 g/mol. The van der Waals surface area contributed by atoms with Crippen molar-refractivity contribution in [3.05, 3.63) is 11.6 Å². The second-order valence-electron chi connectivity index (χ2n) is 4.72. The Morgan fingerprint density at radius 3 is 2.13 bits per heavy atom. The van der Waals surface area contributed by atoms with Crippen molar-refractivity contribution in [1.29, 1.82) is 0 Å². The van der Waals surface area contributed by atoms with Gasteiger partial charge in [-0.3, -0.25) is 4.79 Å². The Bertz CT molecular complexity index is 361. The topological polar surface area (TPSA) is 63.2 Å². The molecule has 0 aliphatic rings. The lowest BCUT2D eigenvalue weighted by Gasteiger charge is -2.18. The molecular formula is C10H19NO3S. The van der Waals surface area contributed by atoms with Gasteiger partial charge in [-0.1, -0.05) is 26.8 Å². The molecular weight excluding hydrogens is 214 g/mol. The lowest BCUT2D eigenvalue weighted by molar-refractivity contribution is -0.115. The van der Waals surface area contributed by atoms with Gasteiger partial charge in [-0.2, -0.15) is 0 Å². The normalized spacial score (nSPS) is 13.8. The van der Waals surface area contributed by atoms with E-state index in [-0.39, 0.29) is 11.2 Å². The van der Waals surface area contributed by atoms with Crippen LogP contribution in [-0.4, -0.2) is 20.1 Å². The van der Waals surface area contributed by atoms with Crippen LogP contribution in [0.5, 0.6) is 0 Å². The lowest BCUT2D eigenvalue weighted by Crippen LogP contribution is -2.36. The van der Waals surface area contributed by atoms with Crippen molar-refractivity contribution in [1.82, 2.24) is 4.72 Å². The molecule has 0 bridgehead atoms. The fourth-order valence-corrected chi connectivity index (χ4v) is 2.61. The summed E-state index contributed by atoms with van der Waals surface area (Å²) in [4.78, 5) is 11.3. The predicted octanol–water partition coefficient (Wildman–Crippen LogP) is 1.44. The molecule has 5 heteroatoms. The summed E-state index contributed by atoms with van der Waals surface area (Å²) in [6.45, 7) is 8.67. The molecule has 0 heterocycles. The number of sulfonamides is 1. The van der Waals surface area contributed by atoms with Crippen LogP contribution in [0.15, 0.2) is 11.6 Å². The first kappa shape index (κ1) is 14.2. The van der Waals surface area contributed by atoms with E-state index in [1.165, 1.54) is 0 Å². The average Bonchev–Trinajstić information content (AvgIpc) is 1.96. The second-order valence-corrected chi connectivity index (χ2v) is 6.44. The highest BCUT2D eigenvalue weighted by atomic mass is 32.2. The van der Waals surface area contributed by atoms with Gasteiger partial charge in [0.1, 0.15) is 0 Å². The summed E-state index contributed by atoms with van der Waals surface area (Å²) in [7, 11) is -3.53. The van der Waals surface area contributed by atoms with E-state index in [0.29, 0.717) is 5.57 Å². The average molecular weight is 233 g/mol. The van der Waals surface area contributed by atoms with Gasteiger partial charge in [-0.05, 0) is 19.3 Å². The standard InChI is InChI=1S/C10H19NO3S/c1-6-8(2)9(12)11-15(13,14)7-10(3,4)5/h6H,7H2,1-5H3,(H,11,12). The minimum Gasteiger partial charge on any atom is -0.269 e. The van der Waals surface area contributed by atoms with Gasteiger partial charge >= 0.3 is 0 Å². The van der Waals surface area contributed by atoms with Gasteiger partial charge in [0.2, 0.25) is 10.0 Å². The number of carbonyl (C=O) groups is 1. The van der Waals surface area contributed by atoms with Crippen LogP contribution in [0.2, 0.25) is 0 Å². The van der Waals surface area contributed by atoms with Crippen LogP contribution in [-0.2, 0) is 14.8 Å². The van der Waals surface area contributed by atoms with E-state index in [2.05, 4.69) is 0 Å². The quantitative estimate of drug-likeness (QED) is 0.750. The van der Waals surface area contributed by atoms with E-state index in [0.717, 1.165) is 0 Å². The van der Waals surface area contributed by atoms with Gasteiger partial charge in [0.15, 0.2) is 0 Å². The molecule has 1 N–H and O–H groups in total. The van der Waals surface area contributed by atoms with Gasteiger partial charge < -0.3 is 0 Å².